The van der Waals surface area contributed by atoms with E-state index in [-0.39, 0.29) is 19.5 Å². The minimum absolute atomic E-state index is 0. The Labute approximate surface area is 48.7 Å². The van der Waals surface area contributed by atoms with Gasteiger partial charge in [-0.3, -0.25) is 0 Å². The molecule has 6 heavy (non-hydrogen) atoms. The fourth-order valence-electron chi connectivity index (χ4n) is 0.215. The molecule has 3 heteroatoms. The Bertz CT molecular complexity index is 65.3. The van der Waals surface area contributed by atoms with E-state index in [4.69, 9.17) is 0 Å². The smallest absolute Gasteiger partial charge is 0.0919 e. The van der Waals surface area contributed by atoms with Crippen LogP contribution in [0.15, 0.2) is 18.7 Å². The zero-order valence-corrected chi connectivity index (χ0v) is 4.65. The van der Waals surface area contributed by atoms with E-state index in [1.807, 2.05) is 0 Å². The molecule has 0 unspecified atom stereocenters. The van der Waals surface area contributed by atoms with Gasteiger partial charge in [0.1, 0.15) is 0 Å². The van der Waals surface area contributed by atoms with Gasteiger partial charge in [-0.05, 0) is 0 Å². The van der Waals surface area contributed by atoms with Crippen molar-refractivity contribution in [3.63, 3.8) is 0 Å². The Morgan fingerprint density at radius 1 is 1.50 bits per heavy atom. The van der Waals surface area contributed by atoms with E-state index in [1.165, 1.54) is 0 Å². The number of hydrogen-bond acceptors (Lipinski definition) is 1. The third-order valence-electron chi connectivity index (χ3n) is 0.406. The molecular formula is C3H4N2Rh. The van der Waals surface area contributed by atoms with Crippen molar-refractivity contribution in [3.05, 3.63) is 18.7 Å². The van der Waals surface area contributed by atoms with E-state index in [1.54, 1.807) is 18.7 Å². The number of H-pyrrole nitrogens is 1. The Morgan fingerprint density at radius 3 is 2.50 bits per heavy atom. The van der Waals surface area contributed by atoms with Crippen LogP contribution in [-0.4, -0.2) is 9.97 Å². The maximum Gasteiger partial charge on any atom is 0.0919 e. The molecule has 0 fully saturated rings. The molecule has 0 bridgehead atoms. The van der Waals surface area contributed by atoms with Gasteiger partial charge in [0.2, 0.25) is 0 Å². The summed E-state index contributed by atoms with van der Waals surface area (Å²) in [5.74, 6) is 0. The van der Waals surface area contributed by atoms with Gasteiger partial charge in [-0.15, -0.1) is 0 Å². The number of nitrogens with zero attached hydrogens (tertiary/aromatic N) is 1. The molecule has 1 radical (unpaired) electrons. The number of rotatable bonds is 0. The van der Waals surface area contributed by atoms with Crippen LogP contribution in [0.2, 0.25) is 0 Å². The molecule has 0 aromatic carbocycles. The standard InChI is InChI=1S/C3H4N2.Rh/c1-2-5-3-4-1;/h1-3H,(H,4,5);. The molecule has 1 rings (SSSR count). The van der Waals surface area contributed by atoms with Gasteiger partial charge in [0.15, 0.2) is 0 Å². The second kappa shape index (κ2) is 3.04. The molecule has 2 nitrogen and oxygen atoms in total. The average Bonchev–Trinajstić information content (AvgIpc) is 1.76. The third-order valence-corrected chi connectivity index (χ3v) is 0.406. The molecular weight excluding hydrogens is 167 g/mol. The van der Waals surface area contributed by atoms with Gasteiger partial charge in [0, 0.05) is 31.9 Å². The quantitative estimate of drug-likeness (QED) is 0.562. The molecule has 0 atom stereocenters. The molecule has 0 saturated heterocycles. The fourth-order valence-corrected chi connectivity index (χ4v) is 0.215. The van der Waals surface area contributed by atoms with E-state index >= 15 is 0 Å². The van der Waals surface area contributed by atoms with Gasteiger partial charge in [-0.1, -0.05) is 0 Å². The number of aromatic nitrogens is 2. The van der Waals surface area contributed by atoms with Crippen LogP contribution in [0.3, 0.4) is 0 Å². The van der Waals surface area contributed by atoms with Crippen molar-refractivity contribution in [2.24, 2.45) is 0 Å². The maximum absolute atomic E-state index is 3.67. The summed E-state index contributed by atoms with van der Waals surface area (Å²) in [5.41, 5.74) is 0. The molecule has 1 heterocycles. The Morgan fingerprint density at radius 2 is 2.33 bits per heavy atom. The molecule has 1 aromatic rings. The summed E-state index contributed by atoms with van der Waals surface area (Å²) in [7, 11) is 0. The van der Waals surface area contributed by atoms with Crippen LogP contribution >= 0.6 is 0 Å². The van der Waals surface area contributed by atoms with Gasteiger partial charge in [-0.2, -0.15) is 0 Å². The summed E-state index contributed by atoms with van der Waals surface area (Å²) < 4.78 is 0. The van der Waals surface area contributed by atoms with Gasteiger partial charge in [-0.25, -0.2) is 4.98 Å². The normalized spacial score (nSPS) is 6.67. The molecule has 0 amide bonds. The topological polar surface area (TPSA) is 28.7 Å². The summed E-state index contributed by atoms with van der Waals surface area (Å²) in [4.78, 5) is 6.42. The number of aromatic amines is 1. The predicted molar refractivity (Wildman–Crippen MR) is 18.6 cm³/mol. The van der Waals surface area contributed by atoms with Gasteiger partial charge < -0.3 is 4.98 Å². The minimum atomic E-state index is 0. The van der Waals surface area contributed by atoms with Crippen LogP contribution in [0.1, 0.15) is 0 Å². The van der Waals surface area contributed by atoms with Crippen LogP contribution < -0.4 is 0 Å². The average molecular weight is 171 g/mol. The zero-order valence-electron chi connectivity index (χ0n) is 3.01. The number of nitrogens with one attached hydrogen (secondary N) is 1. The first-order chi connectivity index (χ1) is 2.50. The van der Waals surface area contributed by atoms with Gasteiger partial charge in [0.05, 0.1) is 6.33 Å². The fraction of sp³-hybridized carbons (Fsp3) is 0. The van der Waals surface area contributed by atoms with Crippen LogP contribution in [0.25, 0.3) is 0 Å². The molecule has 1 N–H and O–H groups in total. The van der Waals surface area contributed by atoms with Crippen molar-refractivity contribution >= 4 is 0 Å². The molecule has 0 saturated carbocycles. The minimum Gasteiger partial charge on any atom is -0.351 e. The Hall–Kier alpha value is -0.167. The third kappa shape index (κ3) is 1.32. The monoisotopic (exact) mass is 171 g/mol. The molecule has 0 spiro atoms. The molecule has 0 aliphatic carbocycles. The van der Waals surface area contributed by atoms with Crippen molar-refractivity contribution in [1.29, 1.82) is 0 Å². The first-order valence-corrected chi connectivity index (χ1v) is 1.43. The molecule has 1 aromatic heterocycles. The summed E-state index contributed by atoms with van der Waals surface area (Å²) >= 11 is 0. The van der Waals surface area contributed by atoms with Crippen molar-refractivity contribution in [1.82, 2.24) is 9.97 Å². The Kier molecular flexibility index (Phi) is 2.96. The van der Waals surface area contributed by atoms with Crippen LogP contribution in [0.5, 0.6) is 0 Å². The van der Waals surface area contributed by atoms with Crippen molar-refractivity contribution in [2.45, 2.75) is 0 Å². The summed E-state index contributed by atoms with van der Waals surface area (Å²) in [5, 5.41) is 0. The second-order valence-corrected chi connectivity index (χ2v) is 0.761. The van der Waals surface area contributed by atoms with E-state index in [2.05, 4.69) is 9.97 Å². The largest absolute Gasteiger partial charge is 0.351 e. The predicted octanol–water partition coefficient (Wildman–Crippen LogP) is 0.407. The van der Waals surface area contributed by atoms with Gasteiger partial charge >= 0.3 is 0 Å². The molecule has 0 aliphatic heterocycles. The maximum atomic E-state index is 3.67. The molecule has 35 valence electrons. The first kappa shape index (κ1) is 5.83. The van der Waals surface area contributed by atoms with E-state index in [0.717, 1.165) is 0 Å². The van der Waals surface area contributed by atoms with Crippen molar-refractivity contribution < 1.29 is 19.5 Å². The summed E-state index contributed by atoms with van der Waals surface area (Å²) in [6.45, 7) is 0. The van der Waals surface area contributed by atoms with Crippen LogP contribution in [0.4, 0.5) is 0 Å². The van der Waals surface area contributed by atoms with Gasteiger partial charge in [0.25, 0.3) is 0 Å². The second-order valence-electron chi connectivity index (χ2n) is 0.761. The van der Waals surface area contributed by atoms with E-state index in [9.17, 15) is 0 Å². The van der Waals surface area contributed by atoms with Crippen LogP contribution in [0, 0.1) is 0 Å². The number of imidazole rings is 1. The van der Waals surface area contributed by atoms with Crippen molar-refractivity contribution in [2.75, 3.05) is 0 Å². The van der Waals surface area contributed by atoms with Crippen molar-refractivity contribution in [3.8, 4) is 0 Å². The number of hydrogen-bond donors (Lipinski definition) is 1. The summed E-state index contributed by atoms with van der Waals surface area (Å²) in [6, 6.07) is 0. The first-order valence-electron chi connectivity index (χ1n) is 1.43. The SMILES string of the molecule is [Rh].c1c[nH]cn1. The van der Waals surface area contributed by atoms with E-state index in [0.29, 0.717) is 0 Å². The zero-order chi connectivity index (χ0) is 3.54. The van der Waals surface area contributed by atoms with E-state index < -0.39 is 0 Å². The van der Waals surface area contributed by atoms with Crippen LogP contribution in [-0.2, 0) is 19.5 Å². The summed E-state index contributed by atoms with van der Waals surface area (Å²) in [6.07, 6.45) is 5.08. The molecule has 0 aliphatic rings. The Balaban J connectivity index is 0.000000250.